The van der Waals surface area contributed by atoms with Crippen molar-refractivity contribution in [1.29, 1.82) is 0 Å². The molecule has 0 aliphatic heterocycles. The van der Waals surface area contributed by atoms with Crippen LogP contribution in [0.2, 0.25) is 0 Å². The van der Waals surface area contributed by atoms with Crippen molar-refractivity contribution in [2.75, 3.05) is 25.5 Å². The minimum Gasteiger partial charge on any atom is -0.439 e. The Morgan fingerprint density at radius 2 is 2.05 bits per heavy atom. The van der Waals surface area contributed by atoms with E-state index in [2.05, 4.69) is 17.2 Å². The number of pyridine rings is 1. The van der Waals surface area contributed by atoms with E-state index in [0.29, 0.717) is 5.88 Å². The number of ether oxygens (including phenoxy) is 1. The van der Waals surface area contributed by atoms with E-state index in [9.17, 15) is 0 Å². The maximum atomic E-state index is 5.77. The smallest absolute Gasteiger partial charge is 0.219 e. The molecule has 0 atom stereocenters. The zero-order chi connectivity index (χ0) is 14.4. The summed E-state index contributed by atoms with van der Waals surface area (Å²) in [4.78, 5) is 6.37. The van der Waals surface area contributed by atoms with Gasteiger partial charge in [-0.25, -0.2) is 4.98 Å². The van der Waals surface area contributed by atoms with Gasteiger partial charge in [0.1, 0.15) is 5.75 Å². The summed E-state index contributed by atoms with van der Waals surface area (Å²) in [5, 5.41) is 3.27. The molecular formula is C16H21N3O. The highest BCUT2D eigenvalue weighted by Gasteiger charge is 2.02. The second kappa shape index (κ2) is 6.91. The van der Waals surface area contributed by atoms with Crippen LogP contribution in [-0.4, -0.2) is 25.6 Å². The molecule has 0 amide bonds. The van der Waals surface area contributed by atoms with Gasteiger partial charge in [0.25, 0.3) is 0 Å². The summed E-state index contributed by atoms with van der Waals surface area (Å²) >= 11 is 0. The monoisotopic (exact) mass is 271 g/mol. The molecule has 0 saturated heterocycles. The van der Waals surface area contributed by atoms with Crippen molar-refractivity contribution >= 4 is 5.69 Å². The minimum atomic E-state index is 0.612. The van der Waals surface area contributed by atoms with E-state index < -0.39 is 0 Å². The fraction of sp³-hybridized carbons (Fsp3) is 0.312. The lowest BCUT2D eigenvalue weighted by Gasteiger charge is -2.13. The van der Waals surface area contributed by atoms with Gasteiger partial charge in [0.15, 0.2) is 0 Å². The van der Waals surface area contributed by atoms with E-state index in [1.807, 2.05) is 61.6 Å². The lowest BCUT2D eigenvalue weighted by atomic mass is 10.3. The van der Waals surface area contributed by atoms with Crippen molar-refractivity contribution in [3.05, 3.63) is 48.2 Å². The predicted octanol–water partition coefficient (Wildman–Crippen LogP) is 3.05. The summed E-state index contributed by atoms with van der Waals surface area (Å²) in [7, 11) is 4.01. The first-order valence-electron chi connectivity index (χ1n) is 6.80. The van der Waals surface area contributed by atoms with Crippen molar-refractivity contribution in [2.24, 2.45) is 0 Å². The summed E-state index contributed by atoms with van der Waals surface area (Å²) in [5.41, 5.74) is 2.26. The Morgan fingerprint density at radius 1 is 1.20 bits per heavy atom. The van der Waals surface area contributed by atoms with Gasteiger partial charge in [-0.05, 0) is 24.2 Å². The molecule has 1 N–H and O–H groups in total. The average Bonchev–Trinajstić information content (AvgIpc) is 2.47. The Bertz CT molecular complexity index is 538. The molecule has 2 aromatic rings. The van der Waals surface area contributed by atoms with Gasteiger partial charge in [0.2, 0.25) is 5.88 Å². The van der Waals surface area contributed by atoms with E-state index in [1.54, 1.807) is 0 Å². The Kier molecular flexibility index (Phi) is 4.96. The Hall–Kier alpha value is -2.07. The van der Waals surface area contributed by atoms with Gasteiger partial charge in [0.05, 0.1) is 0 Å². The van der Waals surface area contributed by atoms with Gasteiger partial charge in [-0.3, -0.25) is 0 Å². The van der Waals surface area contributed by atoms with Crippen molar-refractivity contribution in [3.63, 3.8) is 0 Å². The first kappa shape index (κ1) is 14.3. The molecule has 106 valence electrons. The maximum Gasteiger partial charge on any atom is 0.219 e. The van der Waals surface area contributed by atoms with Crippen LogP contribution in [0.5, 0.6) is 11.6 Å². The second-order valence-electron chi connectivity index (χ2n) is 4.78. The van der Waals surface area contributed by atoms with Crippen molar-refractivity contribution in [1.82, 2.24) is 10.3 Å². The number of nitrogens with one attached hydrogen (secondary N) is 1. The molecule has 20 heavy (non-hydrogen) atoms. The van der Waals surface area contributed by atoms with E-state index >= 15 is 0 Å². The summed E-state index contributed by atoms with van der Waals surface area (Å²) in [6, 6.07) is 11.9. The van der Waals surface area contributed by atoms with Gasteiger partial charge in [-0.15, -0.1) is 0 Å². The van der Waals surface area contributed by atoms with Crippen LogP contribution in [0.3, 0.4) is 0 Å². The first-order valence-corrected chi connectivity index (χ1v) is 6.80. The van der Waals surface area contributed by atoms with Crippen LogP contribution in [0, 0.1) is 0 Å². The van der Waals surface area contributed by atoms with Crippen LogP contribution in [0.25, 0.3) is 0 Å². The lowest BCUT2D eigenvalue weighted by Crippen LogP contribution is -2.11. The molecule has 0 aliphatic carbocycles. The van der Waals surface area contributed by atoms with Crippen molar-refractivity contribution < 1.29 is 4.74 Å². The summed E-state index contributed by atoms with van der Waals surface area (Å²) < 4.78 is 5.77. The van der Waals surface area contributed by atoms with Crippen LogP contribution in [0.1, 0.15) is 12.5 Å². The highest BCUT2D eigenvalue weighted by atomic mass is 16.5. The minimum absolute atomic E-state index is 0.612. The average molecular weight is 271 g/mol. The third-order valence-corrected chi connectivity index (χ3v) is 2.93. The van der Waals surface area contributed by atoms with Crippen molar-refractivity contribution in [3.8, 4) is 11.6 Å². The third kappa shape index (κ3) is 3.96. The number of hydrogen-bond acceptors (Lipinski definition) is 4. The van der Waals surface area contributed by atoms with Gasteiger partial charge in [-0.1, -0.05) is 19.1 Å². The first-order chi connectivity index (χ1) is 9.69. The molecule has 1 aromatic heterocycles. The SMILES string of the molecule is CCNCc1ccc(Oc2cccc(N(C)C)c2)nc1. The number of hydrogen-bond donors (Lipinski definition) is 1. The normalized spacial score (nSPS) is 10.3. The molecule has 0 spiro atoms. The Labute approximate surface area is 120 Å². The fourth-order valence-corrected chi connectivity index (χ4v) is 1.79. The molecule has 1 aromatic carbocycles. The molecule has 4 nitrogen and oxygen atoms in total. The summed E-state index contributed by atoms with van der Waals surface area (Å²) in [5.74, 6) is 1.41. The fourth-order valence-electron chi connectivity index (χ4n) is 1.79. The van der Waals surface area contributed by atoms with Gasteiger partial charge in [0, 0.05) is 44.7 Å². The summed E-state index contributed by atoms with van der Waals surface area (Å²) in [6.45, 7) is 3.87. The van der Waals surface area contributed by atoms with Crippen LogP contribution >= 0.6 is 0 Å². The van der Waals surface area contributed by atoms with Gasteiger partial charge >= 0.3 is 0 Å². The van der Waals surface area contributed by atoms with Gasteiger partial charge in [-0.2, -0.15) is 0 Å². The quantitative estimate of drug-likeness (QED) is 0.876. The molecule has 1 heterocycles. The largest absolute Gasteiger partial charge is 0.439 e. The molecule has 0 aliphatic rings. The van der Waals surface area contributed by atoms with E-state index in [4.69, 9.17) is 4.74 Å². The van der Waals surface area contributed by atoms with Crippen LogP contribution in [0.15, 0.2) is 42.6 Å². The van der Waals surface area contributed by atoms with Crippen LogP contribution in [0.4, 0.5) is 5.69 Å². The topological polar surface area (TPSA) is 37.4 Å². The number of benzene rings is 1. The highest BCUT2D eigenvalue weighted by molar-refractivity contribution is 5.50. The van der Waals surface area contributed by atoms with E-state index in [0.717, 1.165) is 30.1 Å². The molecule has 0 unspecified atom stereocenters. The molecule has 0 saturated carbocycles. The molecule has 0 bridgehead atoms. The molecule has 0 fully saturated rings. The Morgan fingerprint density at radius 3 is 2.70 bits per heavy atom. The van der Waals surface area contributed by atoms with Crippen LogP contribution in [-0.2, 0) is 6.54 Å². The molecular weight excluding hydrogens is 250 g/mol. The Balaban J connectivity index is 2.04. The van der Waals surface area contributed by atoms with Gasteiger partial charge < -0.3 is 15.0 Å². The van der Waals surface area contributed by atoms with E-state index in [1.165, 1.54) is 0 Å². The zero-order valence-corrected chi connectivity index (χ0v) is 12.3. The zero-order valence-electron chi connectivity index (χ0n) is 12.3. The summed E-state index contributed by atoms with van der Waals surface area (Å²) in [6.07, 6.45) is 1.84. The lowest BCUT2D eigenvalue weighted by molar-refractivity contribution is 0.462. The number of nitrogens with zero attached hydrogens (tertiary/aromatic N) is 2. The number of rotatable bonds is 6. The third-order valence-electron chi connectivity index (χ3n) is 2.93. The molecule has 4 heteroatoms. The van der Waals surface area contributed by atoms with Crippen LogP contribution < -0.4 is 15.0 Å². The highest BCUT2D eigenvalue weighted by Crippen LogP contribution is 2.23. The second-order valence-corrected chi connectivity index (χ2v) is 4.78. The van der Waals surface area contributed by atoms with Crippen molar-refractivity contribution in [2.45, 2.75) is 13.5 Å². The standard InChI is InChI=1S/C16H21N3O/c1-4-17-11-13-8-9-16(18-12-13)20-15-7-5-6-14(10-15)19(2)3/h5-10,12,17H,4,11H2,1-3H3. The number of anilines is 1. The molecule has 2 rings (SSSR count). The number of aromatic nitrogens is 1. The predicted molar refractivity (Wildman–Crippen MR) is 82.5 cm³/mol. The van der Waals surface area contributed by atoms with E-state index in [-0.39, 0.29) is 0 Å². The molecule has 0 radical (unpaired) electrons. The maximum absolute atomic E-state index is 5.77.